The first-order valence-electron chi connectivity index (χ1n) is 6.76. The normalized spacial score (nSPS) is 11.6. The number of aliphatic carboxylic acids is 1. The van der Waals surface area contributed by atoms with Gasteiger partial charge in [-0.1, -0.05) is 23.7 Å². The first-order valence-corrected chi connectivity index (χ1v) is 8.62. The van der Waals surface area contributed by atoms with Gasteiger partial charge in [-0.05, 0) is 24.1 Å². The molecular weight excluding hydrogens is 342 g/mol. The predicted molar refractivity (Wildman–Crippen MR) is 84.6 cm³/mol. The fourth-order valence-corrected chi connectivity index (χ4v) is 3.19. The van der Waals surface area contributed by atoms with Crippen LogP contribution in [0.2, 0.25) is 5.02 Å². The molecule has 0 aliphatic carbocycles. The first-order chi connectivity index (χ1) is 10.8. The number of rotatable bonds is 7. The smallest absolute Gasteiger partial charge is 0.303 e. The number of hydrogen-bond acceptors (Lipinski definition) is 4. The van der Waals surface area contributed by atoms with E-state index in [9.17, 15) is 13.2 Å². The Bertz CT molecular complexity index is 800. The number of nitrogens with zero attached hydrogens (tertiary/aromatic N) is 2. The molecule has 0 amide bonds. The van der Waals surface area contributed by atoms with Gasteiger partial charge < -0.3 is 5.11 Å². The van der Waals surface area contributed by atoms with Crippen LogP contribution in [0.15, 0.2) is 35.4 Å². The summed E-state index contributed by atoms with van der Waals surface area (Å²) in [6, 6.07) is 6.09. The predicted octanol–water partition coefficient (Wildman–Crippen LogP) is 1.57. The monoisotopic (exact) mass is 357 g/mol. The summed E-state index contributed by atoms with van der Waals surface area (Å²) in [6.45, 7) is -0.0111. The minimum atomic E-state index is -3.69. The number of carboxylic acid groups (broad SMARTS) is 1. The SMILES string of the molecule is Cn1cc(Cl)c(CNS(=O)(=O)c2ccc(CCC(=O)O)cc2)n1. The quantitative estimate of drug-likeness (QED) is 0.783. The zero-order valence-electron chi connectivity index (χ0n) is 12.4. The molecule has 0 atom stereocenters. The van der Waals surface area contributed by atoms with Crippen LogP contribution in [-0.4, -0.2) is 29.3 Å². The molecule has 1 heterocycles. The minimum absolute atomic E-state index is 0.00250. The Morgan fingerprint density at radius 3 is 2.52 bits per heavy atom. The van der Waals surface area contributed by atoms with E-state index in [2.05, 4.69) is 9.82 Å². The van der Waals surface area contributed by atoms with E-state index in [-0.39, 0.29) is 17.9 Å². The fraction of sp³-hybridized carbons (Fsp3) is 0.286. The Kier molecular flexibility index (Phi) is 5.40. The topological polar surface area (TPSA) is 101 Å². The van der Waals surface area contributed by atoms with Crippen molar-refractivity contribution in [1.29, 1.82) is 0 Å². The van der Waals surface area contributed by atoms with Crippen molar-refractivity contribution in [2.24, 2.45) is 7.05 Å². The summed E-state index contributed by atoms with van der Waals surface area (Å²) in [6.07, 6.45) is 1.94. The highest BCUT2D eigenvalue weighted by Crippen LogP contribution is 2.15. The van der Waals surface area contributed by atoms with Gasteiger partial charge in [0.05, 0.1) is 22.2 Å². The standard InChI is InChI=1S/C14H16ClN3O4S/c1-18-9-12(15)13(17-18)8-16-23(21,22)11-5-2-10(3-6-11)4-7-14(19)20/h2-3,5-6,9,16H,4,7-8H2,1H3,(H,19,20). The molecule has 0 fully saturated rings. The molecule has 0 saturated carbocycles. The maximum atomic E-state index is 12.2. The molecular formula is C14H16ClN3O4S. The molecule has 2 aromatic rings. The van der Waals surface area contributed by atoms with Crippen LogP contribution in [0, 0.1) is 0 Å². The highest BCUT2D eigenvalue weighted by atomic mass is 35.5. The van der Waals surface area contributed by atoms with Gasteiger partial charge in [0.2, 0.25) is 10.0 Å². The Morgan fingerprint density at radius 2 is 2.00 bits per heavy atom. The molecule has 0 aliphatic rings. The maximum Gasteiger partial charge on any atom is 0.303 e. The molecule has 0 radical (unpaired) electrons. The number of aryl methyl sites for hydroxylation is 2. The second-order valence-electron chi connectivity index (χ2n) is 4.96. The highest BCUT2D eigenvalue weighted by Gasteiger charge is 2.15. The minimum Gasteiger partial charge on any atom is -0.481 e. The highest BCUT2D eigenvalue weighted by molar-refractivity contribution is 7.89. The zero-order chi connectivity index (χ0) is 17.0. The fourth-order valence-electron chi connectivity index (χ4n) is 1.96. The van der Waals surface area contributed by atoms with Crippen molar-refractivity contribution in [3.63, 3.8) is 0 Å². The van der Waals surface area contributed by atoms with E-state index in [0.717, 1.165) is 5.56 Å². The maximum absolute atomic E-state index is 12.2. The lowest BCUT2D eigenvalue weighted by atomic mass is 10.1. The molecule has 2 rings (SSSR count). The van der Waals surface area contributed by atoms with Gasteiger partial charge in [0, 0.05) is 19.7 Å². The number of sulfonamides is 1. The van der Waals surface area contributed by atoms with Gasteiger partial charge in [0.15, 0.2) is 0 Å². The van der Waals surface area contributed by atoms with Crippen LogP contribution in [0.4, 0.5) is 0 Å². The number of carbonyl (C=O) groups is 1. The summed E-state index contributed by atoms with van der Waals surface area (Å²) >= 11 is 5.93. The molecule has 9 heteroatoms. The molecule has 0 aliphatic heterocycles. The molecule has 0 bridgehead atoms. The van der Waals surface area contributed by atoms with Gasteiger partial charge in [-0.15, -0.1) is 0 Å². The Labute approximate surface area is 138 Å². The third-order valence-electron chi connectivity index (χ3n) is 3.15. The number of nitrogens with one attached hydrogen (secondary N) is 1. The van der Waals surface area contributed by atoms with E-state index in [1.165, 1.54) is 16.8 Å². The van der Waals surface area contributed by atoms with Gasteiger partial charge >= 0.3 is 5.97 Å². The van der Waals surface area contributed by atoms with Crippen LogP contribution in [-0.2, 0) is 34.8 Å². The molecule has 1 aromatic carbocycles. The number of carboxylic acids is 1. The lowest BCUT2D eigenvalue weighted by Gasteiger charge is -2.07. The van der Waals surface area contributed by atoms with Gasteiger partial charge in [0.25, 0.3) is 0 Å². The van der Waals surface area contributed by atoms with Gasteiger partial charge in [-0.3, -0.25) is 9.48 Å². The summed E-state index contributed by atoms with van der Waals surface area (Å²) in [7, 11) is -1.99. The van der Waals surface area contributed by atoms with Crippen molar-refractivity contribution < 1.29 is 18.3 Å². The van der Waals surface area contributed by atoms with Gasteiger partial charge in [-0.2, -0.15) is 5.10 Å². The van der Waals surface area contributed by atoms with Gasteiger partial charge in [-0.25, -0.2) is 13.1 Å². The summed E-state index contributed by atoms with van der Waals surface area (Å²) < 4.78 is 28.4. The largest absolute Gasteiger partial charge is 0.481 e. The van der Waals surface area contributed by atoms with E-state index in [1.54, 1.807) is 25.4 Å². The Morgan fingerprint density at radius 1 is 1.35 bits per heavy atom. The lowest BCUT2D eigenvalue weighted by Crippen LogP contribution is -2.23. The Hall–Kier alpha value is -1.90. The molecule has 0 spiro atoms. The lowest BCUT2D eigenvalue weighted by molar-refractivity contribution is -0.136. The molecule has 2 N–H and O–H groups in total. The molecule has 7 nitrogen and oxygen atoms in total. The second kappa shape index (κ2) is 7.12. The van der Waals surface area contributed by atoms with Crippen molar-refractivity contribution >= 4 is 27.6 Å². The average Bonchev–Trinajstić information content (AvgIpc) is 2.81. The zero-order valence-corrected chi connectivity index (χ0v) is 13.9. The Balaban J connectivity index is 2.04. The van der Waals surface area contributed by atoms with Crippen LogP contribution in [0.5, 0.6) is 0 Å². The number of halogens is 1. The summed E-state index contributed by atoms with van der Waals surface area (Å²) in [4.78, 5) is 10.6. The molecule has 124 valence electrons. The van der Waals surface area contributed by atoms with Crippen molar-refractivity contribution in [1.82, 2.24) is 14.5 Å². The third kappa shape index (κ3) is 4.78. The van der Waals surface area contributed by atoms with E-state index < -0.39 is 16.0 Å². The molecule has 0 saturated heterocycles. The first kappa shape index (κ1) is 17.5. The summed E-state index contributed by atoms with van der Waals surface area (Å²) in [5.74, 6) is -0.893. The number of hydrogen-bond donors (Lipinski definition) is 2. The van der Waals surface area contributed by atoms with Crippen LogP contribution >= 0.6 is 11.6 Å². The average molecular weight is 358 g/mol. The van der Waals surface area contributed by atoms with Crippen LogP contribution in [0.25, 0.3) is 0 Å². The van der Waals surface area contributed by atoms with Crippen molar-refractivity contribution in [2.75, 3.05) is 0 Å². The molecule has 0 unspecified atom stereocenters. The number of aromatic nitrogens is 2. The molecule has 1 aromatic heterocycles. The van der Waals surface area contributed by atoms with Crippen LogP contribution in [0.3, 0.4) is 0 Å². The molecule has 23 heavy (non-hydrogen) atoms. The van der Waals surface area contributed by atoms with Gasteiger partial charge in [0.1, 0.15) is 0 Å². The second-order valence-corrected chi connectivity index (χ2v) is 7.13. The third-order valence-corrected chi connectivity index (χ3v) is 4.88. The van der Waals surface area contributed by atoms with Crippen molar-refractivity contribution in [3.8, 4) is 0 Å². The van der Waals surface area contributed by atoms with E-state index >= 15 is 0 Å². The van der Waals surface area contributed by atoms with Crippen LogP contribution < -0.4 is 4.72 Å². The summed E-state index contributed by atoms with van der Waals surface area (Å²) in [5, 5.41) is 13.1. The van der Waals surface area contributed by atoms with Crippen molar-refractivity contribution in [3.05, 3.63) is 46.7 Å². The number of benzene rings is 1. The van der Waals surface area contributed by atoms with E-state index in [1.807, 2.05) is 0 Å². The summed E-state index contributed by atoms with van der Waals surface area (Å²) in [5.41, 5.74) is 1.20. The van der Waals surface area contributed by atoms with E-state index in [4.69, 9.17) is 16.7 Å². The van der Waals surface area contributed by atoms with Crippen molar-refractivity contribution in [2.45, 2.75) is 24.3 Å². The van der Waals surface area contributed by atoms with Crippen LogP contribution in [0.1, 0.15) is 17.7 Å². The van der Waals surface area contributed by atoms with E-state index in [0.29, 0.717) is 17.1 Å².